The monoisotopic (exact) mass is 434 g/mol. The predicted molar refractivity (Wildman–Crippen MR) is 98.7 cm³/mol. The van der Waals surface area contributed by atoms with E-state index in [2.05, 4.69) is 5.32 Å². The van der Waals surface area contributed by atoms with Gasteiger partial charge in [0.15, 0.2) is 0 Å². The van der Waals surface area contributed by atoms with Crippen LogP contribution in [0.15, 0.2) is 10.6 Å². The molecule has 2 amide bonds. The second-order valence-corrected chi connectivity index (χ2v) is 10.0. The number of carbonyl (C=O) groups excluding carboxylic acids is 2. The van der Waals surface area contributed by atoms with Crippen LogP contribution in [0.5, 0.6) is 0 Å². The highest BCUT2D eigenvalue weighted by Gasteiger charge is 2.60. The van der Waals surface area contributed by atoms with E-state index in [4.69, 9.17) is 5.14 Å². The van der Waals surface area contributed by atoms with Crippen molar-refractivity contribution in [1.29, 1.82) is 0 Å². The molecule has 13 heteroatoms. The lowest BCUT2D eigenvalue weighted by Gasteiger charge is -2.46. The number of β-lactam (4-membered cyclic amide) rings is 1. The molecule has 0 spiro atoms. The minimum absolute atomic E-state index is 0.0477. The molecule has 3 fully saturated rings. The van der Waals surface area contributed by atoms with Crippen molar-refractivity contribution in [3.8, 4) is 0 Å². The highest BCUT2D eigenvalue weighted by Crippen LogP contribution is 2.51. The Morgan fingerprint density at radius 3 is 2.29 bits per heavy atom. The molecule has 4 atom stereocenters. The lowest BCUT2D eigenvalue weighted by atomic mass is 9.79. The van der Waals surface area contributed by atoms with Crippen LogP contribution in [0.4, 0.5) is 0 Å². The number of hydrogen-bond donors (Lipinski definition) is 4. The molecule has 0 aliphatic carbocycles. The molecular weight excluding hydrogens is 412 g/mol. The first-order valence-corrected chi connectivity index (χ1v) is 11.0. The number of thioether (sulfide) groups is 1. The Labute approximate surface area is 166 Å². The summed E-state index contributed by atoms with van der Waals surface area (Å²) >= 11 is 1.28. The Hall–Kier alpha value is -1.67. The Balaban J connectivity index is 0.000000500. The molecule has 28 heavy (non-hydrogen) atoms. The first-order chi connectivity index (χ1) is 12.9. The Kier molecular flexibility index (Phi) is 5.49. The van der Waals surface area contributed by atoms with E-state index in [0.29, 0.717) is 11.4 Å². The van der Waals surface area contributed by atoms with Gasteiger partial charge in [-0.1, -0.05) is 6.92 Å². The third-order valence-corrected chi connectivity index (χ3v) is 7.57. The Bertz CT molecular complexity index is 844. The van der Waals surface area contributed by atoms with Gasteiger partial charge in [-0.3, -0.25) is 9.59 Å². The van der Waals surface area contributed by atoms with Crippen molar-refractivity contribution in [2.45, 2.75) is 31.2 Å². The van der Waals surface area contributed by atoms with Crippen molar-refractivity contribution >= 4 is 39.8 Å². The molecule has 11 nitrogen and oxygen atoms in total. The zero-order chi connectivity index (χ0) is 21.0. The Morgan fingerprint density at radius 2 is 1.89 bits per heavy atom. The van der Waals surface area contributed by atoms with Crippen LogP contribution in [0.3, 0.4) is 0 Å². The molecule has 0 bridgehead atoms. The summed E-state index contributed by atoms with van der Waals surface area (Å²) in [7, 11) is -3.72. The van der Waals surface area contributed by atoms with Gasteiger partial charge >= 0.3 is 5.97 Å². The Morgan fingerprint density at radius 1 is 1.36 bits per heavy atom. The van der Waals surface area contributed by atoms with E-state index < -0.39 is 28.2 Å². The predicted octanol–water partition coefficient (Wildman–Crippen LogP) is -2.12. The lowest BCUT2D eigenvalue weighted by Crippen LogP contribution is -2.63. The van der Waals surface area contributed by atoms with E-state index in [1.165, 1.54) is 23.6 Å². The summed E-state index contributed by atoms with van der Waals surface area (Å²) in [6, 6.07) is -0.361. The van der Waals surface area contributed by atoms with Gasteiger partial charge in [-0.05, 0) is 6.92 Å². The van der Waals surface area contributed by atoms with Crippen LogP contribution < -0.4 is 10.5 Å². The number of nitrogens with two attached hydrogens (primary N) is 1. The van der Waals surface area contributed by atoms with Crippen LogP contribution in [0.25, 0.3) is 0 Å². The van der Waals surface area contributed by atoms with Crippen molar-refractivity contribution in [2.24, 2.45) is 17.0 Å². The van der Waals surface area contributed by atoms with Crippen LogP contribution >= 0.6 is 11.8 Å². The fourth-order valence-electron chi connectivity index (χ4n) is 3.58. The summed E-state index contributed by atoms with van der Waals surface area (Å²) in [4.78, 5) is 35.1. The lowest BCUT2D eigenvalue weighted by molar-refractivity contribution is -0.163. The highest BCUT2D eigenvalue weighted by atomic mass is 32.2. The maximum absolute atomic E-state index is 12.2. The average molecular weight is 434 g/mol. The second-order valence-electron chi connectivity index (χ2n) is 7.15. The van der Waals surface area contributed by atoms with Crippen LogP contribution in [0, 0.1) is 11.8 Å². The highest BCUT2D eigenvalue weighted by molar-refractivity contribution is 8.04. The van der Waals surface area contributed by atoms with Gasteiger partial charge in [0.05, 0.1) is 24.6 Å². The molecule has 4 heterocycles. The van der Waals surface area contributed by atoms with E-state index in [1.54, 1.807) is 0 Å². The van der Waals surface area contributed by atoms with Gasteiger partial charge in [0.1, 0.15) is 5.70 Å². The minimum atomic E-state index is -3.72. The summed E-state index contributed by atoms with van der Waals surface area (Å²) < 4.78 is 23.5. The maximum atomic E-state index is 12.2. The van der Waals surface area contributed by atoms with Gasteiger partial charge in [-0.15, -0.1) is 11.8 Å². The van der Waals surface area contributed by atoms with Crippen molar-refractivity contribution < 1.29 is 33.0 Å². The van der Waals surface area contributed by atoms with Crippen LogP contribution in [0.1, 0.15) is 13.8 Å². The number of amides is 2. The molecule has 4 aliphatic heterocycles. The largest absolute Gasteiger partial charge is 0.477 e. The third kappa shape index (κ3) is 3.76. The molecule has 156 valence electrons. The normalized spacial score (nSPS) is 30.6. The minimum Gasteiger partial charge on any atom is -0.477 e. The molecule has 5 N–H and O–H groups in total. The van der Waals surface area contributed by atoms with Crippen LogP contribution in [-0.4, -0.2) is 82.6 Å². The summed E-state index contributed by atoms with van der Waals surface area (Å²) in [6.45, 7) is 4.37. The summed E-state index contributed by atoms with van der Waals surface area (Å²) in [5, 5.41) is 26.7. The number of carbonyl (C=O) groups is 3. The zero-order valence-corrected chi connectivity index (χ0v) is 16.9. The molecule has 0 aromatic carbocycles. The number of nitrogens with one attached hydrogen (secondary N) is 1. The van der Waals surface area contributed by atoms with Gasteiger partial charge < -0.3 is 20.4 Å². The number of carboxylic acids is 1. The van der Waals surface area contributed by atoms with Crippen LogP contribution in [0.2, 0.25) is 0 Å². The molecular formula is C15H22N4O7S2. The van der Waals surface area contributed by atoms with Gasteiger partial charge in [-0.25, -0.2) is 9.93 Å². The fourth-order valence-corrected chi connectivity index (χ4v) is 6.06. The number of fused-ring (bicyclic) bond motifs is 1. The smallest absolute Gasteiger partial charge is 0.353 e. The van der Waals surface area contributed by atoms with E-state index in [0.717, 1.165) is 4.31 Å². The van der Waals surface area contributed by atoms with Gasteiger partial charge in [0.2, 0.25) is 11.8 Å². The van der Waals surface area contributed by atoms with E-state index >= 15 is 0 Å². The first-order valence-electron chi connectivity index (χ1n) is 8.63. The fraction of sp³-hybridized carbons (Fsp3) is 0.667. The summed E-state index contributed by atoms with van der Waals surface area (Å²) in [5.41, 5.74) is -0.0477. The quantitative estimate of drug-likeness (QED) is 0.280. The molecule has 0 aromatic rings. The van der Waals surface area contributed by atoms with Crippen molar-refractivity contribution in [3.05, 3.63) is 10.6 Å². The number of carboxylic acid groups (broad SMARTS) is 1. The van der Waals surface area contributed by atoms with Crippen molar-refractivity contribution in [3.63, 3.8) is 0 Å². The van der Waals surface area contributed by atoms with E-state index in [9.17, 15) is 33.0 Å². The van der Waals surface area contributed by atoms with Crippen molar-refractivity contribution in [1.82, 2.24) is 14.5 Å². The number of nitrogens with zero attached hydrogens (tertiary/aromatic N) is 2. The number of aliphatic carboxylic acids is 1. The second kappa shape index (κ2) is 7.30. The van der Waals surface area contributed by atoms with Crippen LogP contribution in [-0.2, 0) is 24.6 Å². The van der Waals surface area contributed by atoms with E-state index in [-0.39, 0.29) is 47.8 Å². The molecule has 3 saturated heterocycles. The molecule has 0 unspecified atom stereocenters. The summed E-state index contributed by atoms with van der Waals surface area (Å²) in [5.74, 6) is -2.22. The number of aliphatic hydroxyl groups excluding tert-OH is 1. The van der Waals surface area contributed by atoms with Gasteiger partial charge in [0.25, 0.3) is 10.2 Å². The number of aliphatic hydroxyl groups is 1. The first kappa shape index (κ1) is 21.0. The molecule has 0 aromatic heterocycles. The topological polar surface area (TPSA) is 180 Å². The number of hydrogen-bond acceptors (Lipinski definition) is 7. The number of rotatable bonds is 5. The van der Waals surface area contributed by atoms with Gasteiger partial charge in [-0.2, -0.15) is 12.7 Å². The molecule has 4 aliphatic rings. The average Bonchev–Trinajstić information content (AvgIpc) is 3.24. The van der Waals surface area contributed by atoms with Gasteiger partial charge in [0, 0.05) is 29.2 Å². The van der Waals surface area contributed by atoms with E-state index in [1.807, 2.05) is 6.92 Å². The zero-order valence-electron chi connectivity index (χ0n) is 15.2. The SMILES string of the molecule is C[C@@H](O)[C@H]1C(=O)N2C(C(=O)O)=C(SC3CN(S(N)(=O)=O)C3)[C@H](C)[C@H]12.O=C1CN1. The van der Waals surface area contributed by atoms with Crippen molar-refractivity contribution in [2.75, 3.05) is 19.6 Å². The third-order valence-electron chi connectivity index (χ3n) is 5.10. The standard InChI is InChI=1S/C13H19N3O6S2.C2H3NO/c1-5-9-8(6(2)17)12(18)16(9)10(13(19)20)11(5)23-7-3-15(4-7)24(14,21)22;4-2-1-3-2/h5-9,17H,3-4H2,1-2H3,(H,19,20)(H2,14,21,22);1H2,(H,3,4)/t5-,6-,8-,9-;/m1./s1. The maximum Gasteiger partial charge on any atom is 0.353 e. The summed E-state index contributed by atoms with van der Waals surface area (Å²) in [6.07, 6.45) is -0.845. The molecule has 0 saturated carbocycles. The molecule has 0 radical (unpaired) electrons. The molecule has 4 rings (SSSR count).